The lowest BCUT2D eigenvalue weighted by molar-refractivity contribution is -0.230. The van der Waals surface area contributed by atoms with E-state index in [-0.39, 0.29) is 28.9 Å². The van der Waals surface area contributed by atoms with Gasteiger partial charge in [-0.15, -0.1) is 0 Å². The van der Waals surface area contributed by atoms with Gasteiger partial charge >= 0.3 is 10.4 Å². The zero-order chi connectivity index (χ0) is 27.4. The molecule has 0 aromatic heterocycles. The van der Waals surface area contributed by atoms with E-state index in [1.165, 1.54) is 0 Å². The number of fused-ring (bicyclic) bond motifs is 1. The third-order valence-corrected chi connectivity index (χ3v) is 6.63. The number of rotatable bonds is 5. The van der Waals surface area contributed by atoms with Crippen molar-refractivity contribution in [3.05, 3.63) is 34.9 Å². The van der Waals surface area contributed by atoms with E-state index < -0.39 is 88.5 Å². The minimum absolute atomic E-state index is 0.0822. The first-order valence-corrected chi connectivity index (χ1v) is 12.0. The molecule has 0 radical (unpaired) electrons. The van der Waals surface area contributed by atoms with E-state index in [0.717, 1.165) is 18.2 Å². The van der Waals surface area contributed by atoms with Crippen molar-refractivity contribution in [1.82, 2.24) is 0 Å². The van der Waals surface area contributed by atoms with Crippen molar-refractivity contribution < 1.29 is 72.6 Å². The second kappa shape index (κ2) is 9.66. The van der Waals surface area contributed by atoms with E-state index in [9.17, 15) is 54.4 Å². The van der Waals surface area contributed by atoms with Crippen LogP contribution in [0.4, 0.5) is 0 Å². The Hall–Kier alpha value is -3.09. The van der Waals surface area contributed by atoms with Gasteiger partial charge in [0.25, 0.3) is 0 Å². The Balaban J connectivity index is 1.78. The van der Waals surface area contributed by atoms with Crippen LogP contribution in [0.25, 0.3) is 0 Å². The first kappa shape index (κ1) is 27.0. The van der Waals surface area contributed by atoms with Gasteiger partial charge in [-0.25, -0.2) is 4.18 Å². The molecule has 2 aromatic carbocycles. The van der Waals surface area contributed by atoms with Crippen LogP contribution in [-0.4, -0.2) is 96.1 Å². The van der Waals surface area contributed by atoms with Gasteiger partial charge < -0.3 is 55.4 Å². The average Bonchev–Trinajstić information content (AvgIpc) is 2.80. The van der Waals surface area contributed by atoms with Crippen LogP contribution in [0.1, 0.15) is 28.9 Å². The van der Waals surface area contributed by atoms with Crippen molar-refractivity contribution >= 4 is 10.4 Å². The van der Waals surface area contributed by atoms with Gasteiger partial charge in [0.05, 0.1) is 18.3 Å². The van der Waals surface area contributed by atoms with Gasteiger partial charge in [-0.2, -0.15) is 8.42 Å². The molecule has 4 rings (SSSR count). The summed E-state index contributed by atoms with van der Waals surface area (Å²) in [6.45, 7) is -0.996. The van der Waals surface area contributed by atoms with E-state index in [1.54, 1.807) is 0 Å². The summed E-state index contributed by atoms with van der Waals surface area (Å²) in [6, 6.07) is 2.55. The largest absolute Gasteiger partial charge is 0.507 e. The monoisotopic (exact) mass is 548 g/mol. The second-order valence-corrected chi connectivity index (χ2v) is 9.72. The molecule has 204 valence electrons. The van der Waals surface area contributed by atoms with E-state index in [1.807, 2.05) is 0 Å². The molecule has 1 fully saturated rings. The number of hydrogen-bond donors (Lipinski definition) is 10. The van der Waals surface area contributed by atoms with Crippen LogP contribution in [0.5, 0.6) is 34.5 Å². The molecule has 0 amide bonds. The number of ether oxygens (including phenoxy) is 2. The summed E-state index contributed by atoms with van der Waals surface area (Å²) >= 11 is 0. The maximum Gasteiger partial charge on any atom is 0.397 e. The molecule has 2 heterocycles. The van der Waals surface area contributed by atoms with Crippen molar-refractivity contribution in [2.45, 2.75) is 49.1 Å². The summed E-state index contributed by atoms with van der Waals surface area (Å²) < 4.78 is 46.2. The number of aliphatic hydroxyl groups is 4. The summed E-state index contributed by atoms with van der Waals surface area (Å²) in [5.41, 5.74) is -0.661. The van der Waals surface area contributed by atoms with Crippen LogP contribution in [0.15, 0.2) is 18.2 Å². The Morgan fingerprint density at radius 1 is 0.811 bits per heavy atom. The lowest BCUT2D eigenvalue weighted by Gasteiger charge is -2.42. The predicted molar refractivity (Wildman–Crippen MR) is 117 cm³/mol. The fourth-order valence-electron chi connectivity index (χ4n) is 4.38. The number of hydrogen-bond acceptors (Lipinski definition) is 14. The molecule has 7 atom stereocenters. The standard InChI is InChI=1S/C21H24O15S/c22-8-3-11(25)10(24)1-6(8)19-13(27)2-7-9(23)4-12(26)15(20(7)36-19)21-18(30)17(29)16(28)14(35-21)5-34-37(31,32)33/h1,3-4,13-14,16-19,21-30H,2,5H2,(H,31,32,33). The first-order chi connectivity index (χ1) is 17.2. The van der Waals surface area contributed by atoms with Gasteiger partial charge in [-0.1, -0.05) is 0 Å². The molecule has 7 unspecified atom stereocenters. The summed E-state index contributed by atoms with van der Waals surface area (Å²) in [4.78, 5) is 0. The van der Waals surface area contributed by atoms with Crippen LogP contribution in [0.3, 0.4) is 0 Å². The SMILES string of the molecule is O=S(=O)(O)OCC1OC(c2c(O)cc(O)c3c2OC(c2cc(O)c(O)cc2O)C(O)C3)C(O)C(O)C1O. The Morgan fingerprint density at radius 2 is 1.43 bits per heavy atom. The Labute approximate surface area is 208 Å². The van der Waals surface area contributed by atoms with Crippen molar-refractivity contribution in [2.24, 2.45) is 0 Å². The molecule has 37 heavy (non-hydrogen) atoms. The summed E-state index contributed by atoms with van der Waals surface area (Å²) in [5, 5.41) is 92.6. The fourth-order valence-corrected chi connectivity index (χ4v) is 4.68. The number of benzene rings is 2. The fraction of sp³-hybridized carbons (Fsp3) is 0.429. The Morgan fingerprint density at radius 3 is 2.08 bits per heavy atom. The maximum absolute atomic E-state index is 11.0. The van der Waals surface area contributed by atoms with Crippen molar-refractivity contribution in [2.75, 3.05) is 6.61 Å². The molecular weight excluding hydrogens is 524 g/mol. The molecule has 16 heteroatoms. The normalized spacial score (nSPS) is 29.9. The minimum atomic E-state index is -4.98. The maximum atomic E-state index is 11.0. The van der Waals surface area contributed by atoms with Crippen LogP contribution in [0.2, 0.25) is 0 Å². The third kappa shape index (κ3) is 5.05. The van der Waals surface area contributed by atoms with Gasteiger partial charge in [0.2, 0.25) is 0 Å². The molecule has 0 aliphatic carbocycles. The second-order valence-electron chi connectivity index (χ2n) is 8.62. The molecule has 15 nitrogen and oxygen atoms in total. The quantitative estimate of drug-likeness (QED) is 0.117. The van der Waals surface area contributed by atoms with Gasteiger partial charge in [-0.05, 0) is 6.07 Å². The van der Waals surface area contributed by atoms with Gasteiger partial charge in [0.15, 0.2) is 17.6 Å². The number of phenols is 5. The van der Waals surface area contributed by atoms with Gasteiger partial charge in [-0.3, -0.25) is 4.55 Å². The summed E-state index contributed by atoms with van der Waals surface area (Å²) in [6.07, 6.45) is -12.4. The molecular formula is C21H24O15S. The van der Waals surface area contributed by atoms with E-state index in [0.29, 0.717) is 0 Å². The smallest absolute Gasteiger partial charge is 0.397 e. The van der Waals surface area contributed by atoms with Crippen molar-refractivity contribution in [1.29, 1.82) is 0 Å². The molecule has 10 N–H and O–H groups in total. The van der Waals surface area contributed by atoms with E-state index >= 15 is 0 Å². The van der Waals surface area contributed by atoms with Gasteiger partial charge in [0, 0.05) is 29.7 Å². The third-order valence-electron chi connectivity index (χ3n) is 6.19. The predicted octanol–water partition coefficient (Wildman–Crippen LogP) is -1.41. The molecule has 0 bridgehead atoms. The van der Waals surface area contributed by atoms with Crippen molar-refractivity contribution in [3.63, 3.8) is 0 Å². The Kier molecular flexibility index (Phi) is 7.04. The highest BCUT2D eigenvalue weighted by Gasteiger charge is 2.48. The average molecular weight is 548 g/mol. The lowest BCUT2D eigenvalue weighted by Crippen LogP contribution is -2.55. The Bertz CT molecular complexity index is 1300. The molecule has 0 saturated carbocycles. The molecule has 2 aliphatic rings. The summed E-state index contributed by atoms with van der Waals surface area (Å²) in [5.74, 6) is -3.52. The number of aromatic hydroxyl groups is 5. The van der Waals surface area contributed by atoms with Crippen molar-refractivity contribution in [3.8, 4) is 34.5 Å². The zero-order valence-electron chi connectivity index (χ0n) is 18.6. The van der Waals surface area contributed by atoms with Crippen LogP contribution in [0, 0.1) is 0 Å². The lowest BCUT2D eigenvalue weighted by atomic mass is 9.86. The van der Waals surface area contributed by atoms with E-state index in [2.05, 4.69) is 4.18 Å². The molecule has 2 aliphatic heterocycles. The number of phenolic OH excluding ortho intramolecular Hbond substituents is 5. The highest BCUT2D eigenvalue weighted by atomic mass is 32.3. The topological polar surface area (TPSA) is 264 Å². The molecule has 2 aromatic rings. The van der Waals surface area contributed by atoms with E-state index in [4.69, 9.17) is 14.0 Å². The highest BCUT2D eigenvalue weighted by molar-refractivity contribution is 7.80. The number of aliphatic hydroxyl groups excluding tert-OH is 4. The first-order valence-electron chi connectivity index (χ1n) is 10.7. The highest BCUT2D eigenvalue weighted by Crippen LogP contribution is 2.51. The molecule has 0 spiro atoms. The van der Waals surface area contributed by atoms with Crippen LogP contribution < -0.4 is 4.74 Å². The molecule has 1 saturated heterocycles. The zero-order valence-corrected chi connectivity index (χ0v) is 19.4. The summed E-state index contributed by atoms with van der Waals surface area (Å²) in [7, 11) is -4.98. The minimum Gasteiger partial charge on any atom is -0.507 e. The van der Waals surface area contributed by atoms with Crippen LogP contribution >= 0.6 is 0 Å². The van der Waals surface area contributed by atoms with Gasteiger partial charge in [0.1, 0.15) is 53.5 Å². The van der Waals surface area contributed by atoms with Crippen LogP contribution in [-0.2, 0) is 25.7 Å².